The van der Waals surface area contributed by atoms with Gasteiger partial charge in [-0.3, -0.25) is 9.59 Å². The van der Waals surface area contributed by atoms with E-state index in [2.05, 4.69) is 6.92 Å². The highest BCUT2D eigenvalue weighted by Gasteiger charge is 2.39. The second kappa shape index (κ2) is 9.07. The van der Waals surface area contributed by atoms with Gasteiger partial charge in [0.15, 0.2) is 0 Å². The van der Waals surface area contributed by atoms with E-state index in [1.165, 1.54) is 17.7 Å². The van der Waals surface area contributed by atoms with E-state index in [0.29, 0.717) is 24.4 Å². The molecule has 0 radical (unpaired) electrons. The van der Waals surface area contributed by atoms with E-state index in [4.69, 9.17) is 10.5 Å². The quantitative estimate of drug-likeness (QED) is 0.775. The summed E-state index contributed by atoms with van der Waals surface area (Å²) < 4.78 is 19.0. The minimum absolute atomic E-state index is 0.0528. The van der Waals surface area contributed by atoms with Crippen molar-refractivity contribution in [3.8, 4) is 5.75 Å². The van der Waals surface area contributed by atoms with E-state index in [1.807, 2.05) is 24.3 Å². The first-order valence-corrected chi connectivity index (χ1v) is 9.96. The van der Waals surface area contributed by atoms with Gasteiger partial charge in [-0.2, -0.15) is 0 Å². The molecule has 2 N–H and O–H groups in total. The number of nitrogens with two attached hydrogens (primary N) is 1. The molecule has 1 fully saturated rings. The number of rotatable bonds is 7. The second-order valence-corrected chi connectivity index (χ2v) is 7.77. The summed E-state index contributed by atoms with van der Waals surface area (Å²) in [7, 11) is 0. The molecule has 1 atom stereocenters. The molecule has 0 spiro atoms. The molecule has 3 rings (SSSR count). The van der Waals surface area contributed by atoms with Crippen molar-refractivity contribution in [1.82, 2.24) is 4.90 Å². The van der Waals surface area contributed by atoms with Crippen LogP contribution in [0.15, 0.2) is 48.5 Å². The normalized spacial score (nSPS) is 19.0. The molecule has 1 saturated heterocycles. The lowest BCUT2D eigenvalue weighted by molar-refractivity contribution is -0.122. The molecule has 29 heavy (non-hydrogen) atoms. The Morgan fingerprint density at radius 3 is 2.45 bits per heavy atom. The van der Waals surface area contributed by atoms with Crippen molar-refractivity contribution < 1.29 is 18.7 Å². The fraction of sp³-hybridized carbons (Fsp3) is 0.391. The number of hydrogen-bond acceptors (Lipinski definition) is 3. The van der Waals surface area contributed by atoms with Gasteiger partial charge in [-0.15, -0.1) is 0 Å². The van der Waals surface area contributed by atoms with Crippen molar-refractivity contribution in [3.05, 3.63) is 65.5 Å². The number of benzene rings is 2. The van der Waals surface area contributed by atoms with Crippen LogP contribution < -0.4 is 10.5 Å². The molecule has 2 aromatic rings. The maximum atomic E-state index is 13.1. The number of piperidine rings is 1. The molecular formula is C23H27FN2O3. The van der Waals surface area contributed by atoms with Gasteiger partial charge in [0.2, 0.25) is 5.91 Å². The van der Waals surface area contributed by atoms with Gasteiger partial charge in [0.25, 0.3) is 5.91 Å². The fourth-order valence-corrected chi connectivity index (χ4v) is 3.90. The van der Waals surface area contributed by atoms with Crippen LogP contribution in [0, 0.1) is 11.2 Å². The van der Waals surface area contributed by atoms with Gasteiger partial charge in [0, 0.05) is 30.5 Å². The summed E-state index contributed by atoms with van der Waals surface area (Å²) in [6.45, 7) is 3.33. The average Bonchev–Trinajstić information content (AvgIpc) is 2.72. The van der Waals surface area contributed by atoms with Gasteiger partial charge in [0.1, 0.15) is 11.6 Å². The van der Waals surface area contributed by atoms with Crippen LogP contribution in [0.4, 0.5) is 4.39 Å². The van der Waals surface area contributed by atoms with E-state index >= 15 is 0 Å². The summed E-state index contributed by atoms with van der Waals surface area (Å²) in [6.07, 6.45) is 2.54. The Bertz CT molecular complexity index is 851. The van der Waals surface area contributed by atoms with Crippen LogP contribution >= 0.6 is 0 Å². The third-order valence-electron chi connectivity index (χ3n) is 5.47. The highest BCUT2D eigenvalue weighted by Crippen LogP contribution is 2.35. The van der Waals surface area contributed by atoms with Crippen LogP contribution in [0.5, 0.6) is 5.75 Å². The average molecular weight is 398 g/mol. The molecule has 2 amide bonds. The lowest BCUT2D eigenvalue weighted by atomic mass is 9.77. The van der Waals surface area contributed by atoms with Crippen LogP contribution in [0.2, 0.25) is 0 Å². The SMILES string of the molecule is CCc1ccc(C(=O)N2CCC[C@@](COc3ccc(F)cc3)(CC(N)=O)C2)cc1. The third kappa shape index (κ3) is 5.34. The number of likely N-dealkylation sites (tertiary alicyclic amines) is 1. The second-order valence-electron chi connectivity index (χ2n) is 7.77. The summed E-state index contributed by atoms with van der Waals surface area (Å²) in [6, 6.07) is 13.4. The van der Waals surface area contributed by atoms with Gasteiger partial charge >= 0.3 is 0 Å². The molecule has 2 aromatic carbocycles. The minimum Gasteiger partial charge on any atom is -0.493 e. The molecule has 5 nitrogen and oxygen atoms in total. The van der Waals surface area contributed by atoms with Crippen LogP contribution in [0.1, 0.15) is 42.1 Å². The zero-order valence-corrected chi connectivity index (χ0v) is 16.7. The number of ether oxygens (including phenoxy) is 1. The Balaban J connectivity index is 1.74. The maximum Gasteiger partial charge on any atom is 0.253 e. The van der Waals surface area contributed by atoms with E-state index < -0.39 is 11.3 Å². The predicted molar refractivity (Wildman–Crippen MR) is 109 cm³/mol. The smallest absolute Gasteiger partial charge is 0.253 e. The highest BCUT2D eigenvalue weighted by molar-refractivity contribution is 5.94. The standard InChI is InChI=1S/C23H27FN2O3/c1-2-17-4-6-18(7-5-17)22(28)26-13-3-12-23(15-26,14-21(25)27)16-29-20-10-8-19(24)9-11-20/h4-11H,2-3,12-16H2,1H3,(H2,25,27)/t23-/m1/s1. The number of carbonyl (C=O) groups is 2. The van der Waals surface area contributed by atoms with Crippen molar-refractivity contribution in [3.63, 3.8) is 0 Å². The van der Waals surface area contributed by atoms with Crippen LogP contribution in [0.25, 0.3) is 0 Å². The Morgan fingerprint density at radius 2 is 1.83 bits per heavy atom. The van der Waals surface area contributed by atoms with Crippen molar-refractivity contribution >= 4 is 11.8 Å². The molecule has 0 saturated carbocycles. The van der Waals surface area contributed by atoms with Gasteiger partial charge in [-0.1, -0.05) is 19.1 Å². The largest absolute Gasteiger partial charge is 0.493 e. The predicted octanol–water partition coefficient (Wildman–Crippen LogP) is 3.56. The summed E-state index contributed by atoms with van der Waals surface area (Å²) >= 11 is 0. The van der Waals surface area contributed by atoms with Crippen LogP contribution in [-0.2, 0) is 11.2 Å². The summed E-state index contributed by atoms with van der Waals surface area (Å²) in [4.78, 5) is 26.6. The van der Waals surface area contributed by atoms with Crippen molar-refractivity contribution in [2.75, 3.05) is 19.7 Å². The zero-order chi connectivity index (χ0) is 20.9. The van der Waals surface area contributed by atoms with E-state index in [0.717, 1.165) is 19.3 Å². The van der Waals surface area contributed by atoms with Crippen LogP contribution in [-0.4, -0.2) is 36.4 Å². The number of nitrogens with zero attached hydrogens (tertiary/aromatic N) is 1. The van der Waals surface area contributed by atoms with E-state index in [9.17, 15) is 14.0 Å². The molecule has 0 aliphatic carbocycles. The Hall–Kier alpha value is -2.89. The number of halogens is 1. The molecule has 0 bridgehead atoms. The first-order chi connectivity index (χ1) is 13.9. The van der Waals surface area contributed by atoms with E-state index in [1.54, 1.807) is 17.0 Å². The first kappa shape index (κ1) is 20.8. The van der Waals surface area contributed by atoms with Crippen molar-refractivity contribution in [1.29, 1.82) is 0 Å². The zero-order valence-electron chi connectivity index (χ0n) is 16.7. The van der Waals surface area contributed by atoms with Gasteiger partial charge in [0.05, 0.1) is 6.61 Å². The number of amides is 2. The number of hydrogen-bond donors (Lipinski definition) is 1. The number of aryl methyl sites for hydroxylation is 1. The summed E-state index contributed by atoms with van der Waals surface area (Å²) in [5, 5.41) is 0. The fourth-order valence-electron chi connectivity index (χ4n) is 3.90. The molecule has 0 aromatic heterocycles. The minimum atomic E-state index is -0.558. The van der Waals surface area contributed by atoms with Crippen molar-refractivity contribution in [2.45, 2.75) is 32.6 Å². The summed E-state index contributed by atoms with van der Waals surface area (Å²) in [5.74, 6) is -0.293. The molecule has 1 heterocycles. The molecular weight excluding hydrogens is 371 g/mol. The van der Waals surface area contributed by atoms with E-state index in [-0.39, 0.29) is 24.8 Å². The molecule has 1 aliphatic heterocycles. The molecule has 1 aliphatic rings. The van der Waals surface area contributed by atoms with Gasteiger partial charge < -0.3 is 15.4 Å². The van der Waals surface area contributed by atoms with Gasteiger partial charge in [-0.25, -0.2) is 4.39 Å². The maximum absolute atomic E-state index is 13.1. The topological polar surface area (TPSA) is 72.6 Å². The Morgan fingerprint density at radius 1 is 1.14 bits per heavy atom. The Kier molecular flexibility index (Phi) is 6.52. The highest BCUT2D eigenvalue weighted by atomic mass is 19.1. The van der Waals surface area contributed by atoms with Crippen molar-refractivity contribution in [2.24, 2.45) is 11.1 Å². The Labute approximate surface area is 170 Å². The molecule has 0 unspecified atom stereocenters. The third-order valence-corrected chi connectivity index (χ3v) is 5.47. The lowest BCUT2D eigenvalue weighted by Gasteiger charge is -2.42. The molecule has 154 valence electrons. The van der Waals surface area contributed by atoms with Crippen LogP contribution in [0.3, 0.4) is 0 Å². The lowest BCUT2D eigenvalue weighted by Crippen LogP contribution is -2.50. The van der Waals surface area contributed by atoms with Gasteiger partial charge in [-0.05, 0) is 61.2 Å². The molecule has 6 heteroatoms. The first-order valence-electron chi connectivity index (χ1n) is 9.96. The summed E-state index contributed by atoms with van der Waals surface area (Å²) in [5.41, 5.74) is 6.77. The number of primary amides is 1. The number of carbonyl (C=O) groups excluding carboxylic acids is 2. The monoisotopic (exact) mass is 398 g/mol.